The predicted molar refractivity (Wildman–Crippen MR) is 79.9 cm³/mol. The summed E-state index contributed by atoms with van der Waals surface area (Å²) < 4.78 is 1.12. The third-order valence-corrected chi connectivity index (χ3v) is 4.11. The van der Waals surface area contributed by atoms with Crippen LogP contribution >= 0.6 is 27.3 Å². The number of rotatable bonds is 5. The molecule has 0 amide bonds. The molecular weight excluding hydrogens is 310 g/mol. The van der Waals surface area contributed by atoms with Gasteiger partial charge in [0.05, 0.1) is 0 Å². The molecule has 2 aromatic rings. The van der Waals surface area contributed by atoms with Crippen LogP contribution in [0.5, 0.6) is 0 Å². The van der Waals surface area contributed by atoms with Crippen molar-refractivity contribution in [2.24, 2.45) is 5.92 Å². The SMILES string of the molecule is CC(C)Cc1nnc(NCc2ccccc2Br)s1. The van der Waals surface area contributed by atoms with E-state index in [9.17, 15) is 0 Å². The van der Waals surface area contributed by atoms with Crippen LogP contribution in [0.15, 0.2) is 28.7 Å². The number of anilines is 1. The molecule has 0 aliphatic carbocycles. The van der Waals surface area contributed by atoms with Crippen molar-refractivity contribution < 1.29 is 0 Å². The van der Waals surface area contributed by atoms with Gasteiger partial charge < -0.3 is 5.32 Å². The van der Waals surface area contributed by atoms with Crippen LogP contribution in [-0.4, -0.2) is 10.2 Å². The molecule has 1 heterocycles. The van der Waals surface area contributed by atoms with Gasteiger partial charge in [-0.1, -0.05) is 59.3 Å². The van der Waals surface area contributed by atoms with E-state index in [1.807, 2.05) is 18.2 Å². The van der Waals surface area contributed by atoms with Crippen LogP contribution in [0, 0.1) is 5.92 Å². The third kappa shape index (κ3) is 3.78. The highest BCUT2D eigenvalue weighted by molar-refractivity contribution is 9.10. The van der Waals surface area contributed by atoms with E-state index >= 15 is 0 Å². The van der Waals surface area contributed by atoms with E-state index in [-0.39, 0.29) is 0 Å². The summed E-state index contributed by atoms with van der Waals surface area (Å²) in [6.45, 7) is 5.14. The van der Waals surface area contributed by atoms with E-state index in [1.165, 1.54) is 5.56 Å². The van der Waals surface area contributed by atoms with E-state index < -0.39 is 0 Å². The van der Waals surface area contributed by atoms with Gasteiger partial charge in [-0.05, 0) is 17.5 Å². The van der Waals surface area contributed by atoms with E-state index in [4.69, 9.17) is 0 Å². The van der Waals surface area contributed by atoms with E-state index in [0.29, 0.717) is 5.92 Å². The van der Waals surface area contributed by atoms with Gasteiger partial charge in [-0.25, -0.2) is 0 Å². The van der Waals surface area contributed by atoms with Crippen molar-refractivity contribution in [3.8, 4) is 0 Å². The maximum atomic E-state index is 4.19. The second-order valence-electron chi connectivity index (χ2n) is 4.54. The molecule has 0 aliphatic rings. The maximum Gasteiger partial charge on any atom is 0.205 e. The molecule has 0 unspecified atom stereocenters. The molecule has 1 N–H and O–H groups in total. The highest BCUT2D eigenvalue weighted by Crippen LogP contribution is 2.21. The minimum atomic E-state index is 0.620. The zero-order valence-corrected chi connectivity index (χ0v) is 12.9. The lowest BCUT2D eigenvalue weighted by molar-refractivity contribution is 0.640. The molecule has 0 bridgehead atoms. The fourth-order valence-corrected chi connectivity index (χ4v) is 2.94. The molecule has 1 aromatic carbocycles. The topological polar surface area (TPSA) is 37.8 Å². The number of halogens is 1. The summed E-state index contributed by atoms with van der Waals surface area (Å²) in [4.78, 5) is 0. The van der Waals surface area contributed by atoms with Gasteiger partial charge in [-0.3, -0.25) is 0 Å². The van der Waals surface area contributed by atoms with E-state index in [1.54, 1.807) is 11.3 Å². The molecule has 0 fully saturated rings. The van der Waals surface area contributed by atoms with Crippen LogP contribution in [0.3, 0.4) is 0 Å². The molecule has 1 aromatic heterocycles. The third-order valence-electron chi connectivity index (χ3n) is 2.44. The van der Waals surface area contributed by atoms with Crippen molar-refractivity contribution in [3.63, 3.8) is 0 Å². The fourth-order valence-electron chi connectivity index (χ4n) is 1.57. The van der Waals surface area contributed by atoms with Crippen LogP contribution < -0.4 is 5.32 Å². The quantitative estimate of drug-likeness (QED) is 0.898. The van der Waals surface area contributed by atoms with Gasteiger partial charge >= 0.3 is 0 Å². The number of nitrogens with zero attached hydrogens (tertiary/aromatic N) is 2. The average Bonchev–Trinajstić information content (AvgIpc) is 2.75. The van der Waals surface area contributed by atoms with Gasteiger partial charge in [-0.2, -0.15) is 0 Å². The number of nitrogens with one attached hydrogen (secondary N) is 1. The predicted octanol–water partition coefficient (Wildman–Crippen LogP) is 4.11. The number of benzene rings is 1. The second-order valence-corrected chi connectivity index (χ2v) is 6.46. The Morgan fingerprint density at radius 1 is 1.28 bits per heavy atom. The first-order chi connectivity index (χ1) is 8.65. The first-order valence-corrected chi connectivity index (χ1v) is 7.55. The molecule has 0 radical (unpaired) electrons. The van der Waals surface area contributed by atoms with Gasteiger partial charge in [0.1, 0.15) is 5.01 Å². The minimum absolute atomic E-state index is 0.620. The zero-order chi connectivity index (χ0) is 13.0. The standard InChI is InChI=1S/C13H16BrN3S/c1-9(2)7-12-16-17-13(18-12)15-8-10-5-3-4-6-11(10)14/h3-6,9H,7-8H2,1-2H3,(H,15,17). The van der Waals surface area contributed by atoms with Gasteiger partial charge in [0.15, 0.2) is 0 Å². The second kappa shape index (κ2) is 6.29. The first-order valence-electron chi connectivity index (χ1n) is 5.95. The summed E-state index contributed by atoms with van der Waals surface area (Å²) in [6, 6.07) is 8.18. The Kier molecular flexibility index (Phi) is 4.72. The Labute approximate surface area is 120 Å². The summed E-state index contributed by atoms with van der Waals surface area (Å²) in [5, 5.41) is 13.6. The molecule has 5 heteroatoms. The molecule has 96 valence electrons. The van der Waals surface area contributed by atoms with Crippen LogP contribution in [0.1, 0.15) is 24.4 Å². The van der Waals surface area contributed by atoms with Crippen molar-refractivity contribution in [1.82, 2.24) is 10.2 Å². The Morgan fingerprint density at radius 3 is 2.78 bits per heavy atom. The number of hydrogen-bond acceptors (Lipinski definition) is 4. The lowest BCUT2D eigenvalue weighted by Gasteiger charge is -2.04. The summed E-state index contributed by atoms with van der Waals surface area (Å²) in [5.41, 5.74) is 1.22. The molecule has 0 saturated carbocycles. The largest absolute Gasteiger partial charge is 0.356 e. The molecule has 0 atom stereocenters. The average molecular weight is 326 g/mol. The Bertz CT molecular complexity index is 510. The monoisotopic (exact) mass is 325 g/mol. The lowest BCUT2D eigenvalue weighted by atomic mass is 10.1. The summed E-state index contributed by atoms with van der Waals surface area (Å²) in [5.74, 6) is 0.620. The molecule has 2 rings (SSSR count). The van der Waals surface area contributed by atoms with Crippen LogP contribution in [0.4, 0.5) is 5.13 Å². The highest BCUT2D eigenvalue weighted by atomic mass is 79.9. The van der Waals surface area contributed by atoms with Crippen molar-refractivity contribution in [3.05, 3.63) is 39.3 Å². The summed E-state index contributed by atoms with van der Waals surface area (Å²) >= 11 is 5.17. The van der Waals surface area contributed by atoms with Crippen molar-refractivity contribution in [1.29, 1.82) is 0 Å². The smallest absolute Gasteiger partial charge is 0.205 e. The molecule has 0 aliphatic heterocycles. The number of hydrogen-bond donors (Lipinski definition) is 1. The number of aromatic nitrogens is 2. The summed E-state index contributed by atoms with van der Waals surface area (Å²) in [7, 11) is 0. The van der Waals surface area contributed by atoms with Crippen molar-refractivity contribution in [2.75, 3.05) is 5.32 Å². The Hall–Kier alpha value is -0.940. The zero-order valence-electron chi connectivity index (χ0n) is 10.5. The van der Waals surface area contributed by atoms with Gasteiger partial charge in [0.2, 0.25) is 5.13 Å². The Morgan fingerprint density at radius 2 is 2.06 bits per heavy atom. The maximum absolute atomic E-state index is 4.19. The molecular formula is C13H16BrN3S. The van der Waals surface area contributed by atoms with Crippen LogP contribution in [-0.2, 0) is 13.0 Å². The molecule has 3 nitrogen and oxygen atoms in total. The van der Waals surface area contributed by atoms with Gasteiger partial charge in [-0.15, -0.1) is 10.2 Å². The Balaban J connectivity index is 1.94. The fraction of sp³-hybridized carbons (Fsp3) is 0.385. The van der Waals surface area contributed by atoms with Gasteiger partial charge in [0, 0.05) is 17.4 Å². The van der Waals surface area contributed by atoms with Crippen LogP contribution in [0.25, 0.3) is 0 Å². The first kappa shape index (κ1) is 13.5. The highest BCUT2D eigenvalue weighted by Gasteiger charge is 2.06. The van der Waals surface area contributed by atoms with E-state index in [0.717, 1.165) is 27.6 Å². The molecule has 0 saturated heterocycles. The lowest BCUT2D eigenvalue weighted by Crippen LogP contribution is -1.99. The van der Waals surface area contributed by atoms with Crippen molar-refractivity contribution in [2.45, 2.75) is 26.8 Å². The summed E-state index contributed by atoms with van der Waals surface area (Å²) in [6.07, 6.45) is 0.994. The normalized spacial score (nSPS) is 10.9. The van der Waals surface area contributed by atoms with Crippen molar-refractivity contribution >= 4 is 32.4 Å². The molecule has 18 heavy (non-hydrogen) atoms. The van der Waals surface area contributed by atoms with Crippen LogP contribution in [0.2, 0.25) is 0 Å². The minimum Gasteiger partial charge on any atom is -0.356 e. The van der Waals surface area contributed by atoms with Gasteiger partial charge in [0.25, 0.3) is 0 Å². The van der Waals surface area contributed by atoms with E-state index in [2.05, 4.69) is 51.4 Å². The molecule has 0 spiro atoms.